The number of esters is 1. The molecule has 0 fully saturated rings. The molecule has 2 rings (SSSR count). The fourth-order valence-corrected chi connectivity index (χ4v) is 1.95. The van der Waals surface area contributed by atoms with Crippen LogP contribution in [0.4, 0.5) is 0 Å². The zero-order valence-corrected chi connectivity index (χ0v) is 11.1. The van der Waals surface area contributed by atoms with Crippen molar-refractivity contribution >= 4 is 17.7 Å². The highest BCUT2D eigenvalue weighted by Gasteiger charge is 2.11. The molecule has 0 unspecified atom stereocenters. The van der Waals surface area contributed by atoms with Crippen LogP contribution in [0, 0.1) is 6.92 Å². The van der Waals surface area contributed by atoms with Gasteiger partial charge in [0.25, 0.3) is 5.56 Å². The van der Waals surface area contributed by atoms with Gasteiger partial charge in [0.1, 0.15) is 11.5 Å². The van der Waals surface area contributed by atoms with Crippen LogP contribution in [-0.4, -0.2) is 28.3 Å². The van der Waals surface area contributed by atoms with Gasteiger partial charge in [-0.3, -0.25) is 9.78 Å². The van der Waals surface area contributed by atoms with Crippen LogP contribution >= 0.6 is 11.8 Å². The van der Waals surface area contributed by atoms with Crippen LogP contribution < -0.4 is 5.56 Å². The van der Waals surface area contributed by atoms with Gasteiger partial charge in [-0.1, -0.05) is 11.8 Å². The van der Waals surface area contributed by atoms with Crippen LogP contribution in [0.1, 0.15) is 22.0 Å². The van der Waals surface area contributed by atoms with Crippen molar-refractivity contribution in [1.82, 2.24) is 15.2 Å². The number of methoxy groups -OCH3 is 1. The second-order valence-corrected chi connectivity index (χ2v) is 4.55. The Hall–Kier alpha value is -2.09. The summed E-state index contributed by atoms with van der Waals surface area (Å²) in [5, 5.41) is 7.95. The van der Waals surface area contributed by atoms with Crippen molar-refractivity contribution in [3.8, 4) is 0 Å². The van der Waals surface area contributed by atoms with Gasteiger partial charge in [0, 0.05) is 0 Å². The molecule has 0 bridgehead atoms. The Balaban J connectivity index is 2.02. The monoisotopic (exact) mass is 281 g/mol. The molecule has 0 aliphatic carbocycles. The van der Waals surface area contributed by atoms with E-state index in [0.29, 0.717) is 22.4 Å². The second-order valence-electron chi connectivity index (χ2n) is 3.59. The Morgan fingerprint density at radius 3 is 2.95 bits per heavy atom. The van der Waals surface area contributed by atoms with Gasteiger partial charge < -0.3 is 9.15 Å². The molecule has 0 spiro atoms. The predicted octanol–water partition coefficient (Wildman–Crippen LogP) is 1.15. The van der Waals surface area contributed by atoms with Crippen molar-refractivity contribution in [2.24, 2.45) is 0 Å². The van der Waals surface area contributed by atoms with E-state index in [4.69, 9.17) is 4.42 Å². The molecule has 19 heavy (non-hydrogen) atoms. The van der Waals surface area contributed by atoms with E-state index in [1.54, 1.807) is 13.0 Å². The smallest absolute Gasteiger partial charge is 0.373 e. The summed E-state index contributed by atoms with van der Waals surface area (Å²) < 4.78 is 9.81. The Kier molecular flexibility index (Phi) is 4.00. The summed E-state index contributed by atoms with van der Waals surface area (Å²) in [5.41, 5.74) is 0.0440. The number of rotatable bonds is 4. The van der Waals surface area contributed by atoms with E-state index in [1.165, 1.54) is 24.9 Å². The summed E-state index contributed by atoms with van der Waals surface area (Å²) in [5.74, 6) is 0.611. The number of carbonyl (C=O) groups is 1. The van der Waals surface area contributed by atoms with Crippen LogP contribution in [-0.2, 0) is 10.5 Å². The zero-order valence-electron chi connectivity index (χ0n) is 10.3. The fraction of sp³-hybridized carbons (Fsp3) is 0.273. The maximum absolute atomic E-state index is 11.3. The van der Waals surface area contributed by atoms with Crippen molar-refractivity contribution in [3.63, 3.8) is 0 Å². The maximum Gasteiger partial charge on any atom is 0.373 e. The van der Waals surface area contributed by atoms with E-state index in [-0.39, 0.29) is 11.3 Å². The number of thioether (sulfide) groups is 1. The molecule has 0 amide bonds. The largest absolute Gasteiger partial charge is 0.463 e. The lowest BCUT2D eigenvalue weighted by Gasteiger charge is -1.98. The Bertz CT molecular complexity index is 649. The van der Waals surface area contributed by atoms with Crippen molar-refractivity contribution < 1.29 is 13.9 Å². The van der Waals surface area contributed by atoms with Gasteiger partial charge in [-0.25, -0.2) is 4.79 Å². The van der Waals surface area contributed by atoms with Crippen LogP contribution in [0.5, 0.6) is 0 Å². The summed E-state index contributed by atoms with van der Waals surface area (Å²) in [4.78, 5) is 25.1. The highest BCUT2D eigenvalue weighted by molar-refractivity contribution is 7.98. The van der Waals surface area contributed by atoms with Gasteiger partial charge in [0.15, 0.2) is 5.16 Å². The van der Waals surface area contributed by atoms with Crippen LogP contribution in [0.25, 0.3) is 0 Å². The minimum absolute atomic E-state index is 0.140. The molecule has 2 aromatic rings. The van der Waals surface area contributed by atoms with E-state index < -0.39 is 5.97 Å². The van der Waals surface area contributed by atoms with Crippen LogP contribution in [0.2, 0.25) is 0 Å². The second kappa shape index (κ2) is 5.70. The van der Waals surface area contributed by atoms with Crippen LogP contribution in [0.3, 0.4) is 0 Å². The molecule has 100 valence electrons. The molecule has 0 saturated heterocycles. The lowest BCUT2D eigenvalue weighted by Crippen LogP contribution is -2.14. The standard InChI is InChI=1S/C11H11N3O4S/c1-6-9(15)12-11(14-13-6)19-5-7-3-4-8(18-7)10(16)17-2/h3-4H,5H2,1-2H3,(H,12,14,15). The minimum atomic E-state index is -0.528. The number of carbonyl (C=O) groups excluding carboxylic acids is 1. The number of nitrogens with zero attached hydrogens (tertiary/aromatic N) is 2. The van der Waals surface area contributed by atoms with Gasteiger partial charge in [-0.15, -0.1) is 10.2 Å². The number of aromatic nitrogens is 3. The average Bonchev–Trinajstić information content (AvgIpc) is 2.88. The van der Waals surface area contributed by atoms with Gasteiger partial charge in [0.05, 0.1) is 12.9 Å². The van der Waals surface area contributed by atoms with E-state index in [1.807, 2.05) is 0 Å². The first-order chi connectivity index (χ1) is 9.10. The van der Waals surface area contributed by atoms with Gasteiger partial charge in [-0.2, -0.15) is 0 Å². The topological polar surface area (TPSA) is 98.1 Å². The highest BCUT2D eigenvalue weighted by atomic mass is 32.2. The number of aryl methyl sites for hydroxylation is 1. The van der Waals surface area contributed by atoms with Crippen molar-refractivity contribution in [1.29, 1.82) is 0 Å². The van der Waals surface area contributed by atoms with E-state index in [0.717, 1.165) is 0 Å². The molecule has 0 saturated carbocycles. The quantitative estimate of drug-likeness (QED) is 0.662. The number of ether oxygens (including phenoxy) is 1. The molecule has 0 aliphatic heterocycles. The van der Waals surface area contributed by atoms with Crippen molar-refractivity contribution in [3.05, 3.63) is 39.7 Å². The first-order valence-corrected chi connectivity index (χ1v) is 6.32. The number of hydrogen-bond donors (Lipinski definition) is 1. The predicted molar refractivity (Wildman–Crippen MR) is 67.0 cm³/mol. The number of H-pyrrole nitrogens is 1. The van der Waals surface area contributed by atoms with E-state index >= 15 is 0 Å². The third-order valence-electron chi connectivity index (χ3n) is 2.24. The maximum atomic E-state index is 11.3. The molecule has 8 heteroatoms. The SMILES string of the molecule is COC(=O)c1ccc(CSc2nnc(C)c(=O)[nH]2)o1. The summed E-state index contributed by atoms with van der Waals surface area (Å²) in [7, 11) is 1.28. The average molecular weight is 281 g/mol. The van der Waals surface area contributed by atoms with Gasteiger partial charge >= 0.3 is 5.97 Å². The first-order valence-electron chi connectivity index (χ1n) is 5.33. The molecule has 2 heterocycles. The number of furan rings is 1. The summed E-state index contributed by atoms with van der Waals surface area (Å²) in [6.45, 7) is 1.58. The number of nitrogens with one attached hydrogen (secondary N) is 1. The Morgan fingerprint density at radius 2 is 2.26 bits per heavy atom. The molecular formula is C11H11N3O4S. The minimum Gasteiger partial charge on any atom is -0.463 e. The zero-order chi connectivity index (χ0) is 13.8. The Labute approximate surface area is 112 Å². The van der Waals surface area contributed by atoms with Crippen molar-refractivity contribution in [2.75, 3.05) is 7.11 Å². The summed E-state index contributed by atoms with van der Waals surface area (Å²) >= 11 is 1.25. The lowest BCUT2D eigenvalue weighted by molar-refractivity contribution is 0.0563. The third kappa shape index (κ3) is 3.22. The molecule has 1 N–H and O–H groups in total. The van der Waals surface area contributed by atoms with Crippen LogP contribution in [0.15, 0.2) is 26.5 Å². The molecular weight excluding hydrogens is 270 g/mol. The lowest BCUT2D eigenvalue weighted by atomic mass is 10.4. The first kappa shape index (κ1) is 13.3. The molecule has 0 aromatic carbocycles. The normalized spacial score (nSPS) is 10.4. The third-order valence-corrected chi connectivity index (χ3v) is 3.13. The molecule has 7 nitrogen and oxygen atoms in total. The molecule has 0 aliphatic rings. The Morgan fingerprint density at radius 1 is 1.47 bits per heavy atom. The highest BCUT2D eigenvalue weighted by Crippen LogP contribution is 2.19. The summed E-state index contributed by atoms with van der Waals surface area (Å²) in [6, 6.07) is 3.20. The number of aromatic amines is 1. The van der Waals surface area contributed by atoms with Gasteiger partial charge in [-0.05, 0) is 19.1 Å². The van der Waals surface area contributed by atoms with E-state index in [2.05, 4.69) is 19.9 Å². The molecule has 0 radical (unpaired) electrons. The van der Waals surface area contributed by atoms with Crippen molar-refractivity contribution in [2.45, 2.75) is 17.8 Å². The summed E-state index contributed by atoms with van der Waals surface area (Å²) in [6.07, 6.45) is 0. The molecule has 2 aromatic heterocycles. The molecule has 0 atom stereocenters. The fourth-order valence-electron chi connectivity index (χ4n) is 1.25. The van der Waals surface area contributed by atoms with E-state index in [9.17, 15) is 9.59 Å². The van der Waals surface area contributed by atoms with Gasteiger partial charge in [0.2, 0.25) is 5.76 Å². The number of hydrogen-bond acceptors (Lipinski definition) is 7.